The van der Waals surface area contributed by atoms with Gasteiger partial charge in [0.05, 0.1) is 7.11 Å². The molecule has 0 aliphatic heterocycles. The monoisotopic (exact) mass is 246 g/mol. The van der Waals surface area contributed by atoms with Gasteiger partial charge < -0.3 is 4.74 Å². The number of thioether (sulfide) groups is 1. The van der Waals surface area contributed by atoms with E-state index in [-0.39, 0.29) is 5.97 Å². The first-order valence-corrected chi connectivity index (χ1v) is 7.76. The van der Waals surface area contributed by atoms with Crippen molar-refractivity contribution >= 4 is 17.7 Å². The van der Waals surface area contributed by atoms with Crippen LogP contribution in [0.4, 0.5) is 0 Å². The number of methoxy groups -OCH3 is 1. The van der Waals surface area contributed by atoms with E-state index < -0.39 is 0 Å². The lowest BCUT2D eigenvalue weighted by Gasteiger charge is -2.01. The van der Waals surface area contributed by atoms with E-state index >= 15 is 0 Å². The van der Waals surface area contributed by atoms with Crippen molar-refractivity contribution in [1.82, 2.24) is 0 Å². The van der Waals surface area contributed by atoms with Crippen LogP contribution < -0.4 is 0 Å². The zero-order chi connectivity index (χ0) is 12.1. The largest absolute Gasteiger partial charge is 0.469 e. The van der Waals surface area contributed by atoms with Gasteiger partial charge in [-0.05, 0) is 24.9 Å². The van der Waals surface area contributed by atoms with Gasteiger partial charge in [-0.1, -0.05) is 38.5 Å². The number of hydrogen-bond acceptors (Lipinski definition) is 3. The van der Waals surface area contributed by atoms with Crippen LogP contribution in [-0.2, 0) is 9.53 Å². The highest BCUT2D eigenvalue weighted by Crippen LogP contribution is 2.11. The molecule has 96 valence electrons. The van der Waals surface area contributed by atoms with E-state index in [2.05, 4.69) is 11.0 Å². The summed E-state index contributed by atoms with van der Waals surface area (Å²) in [5, 5.41) is 0. The third kappa shape index (κ3) is 11.9. The summed E-state index contributed by atoms with van der Waals surface area (Å²) >= 11 is 1.94. The van der Waals surface area contributed by atoms with E-state index in [1.807, 2.05) is 11.8 Å². The van der Waals surface area contributed by atoms with E-state index in [1.54, 1.807) is 0 Å². The summed E-state index contributed by atoms with van der Waals surface area (Å²) in [5.74, 6) is 1.23. The van der Waals surface area contributed by atoms with E-state index in [0.717, 1.165) is 6.42 Å². The molecule has 0 amide bonds. The molecule has 0 radical (unpaired) electrons. The smallest absolute Gasteiger partial charge is 0.305 e. The Hall–Kier alpha value is -0.180. The molecule has 0 unspecified atom stereocenters. The normalized spacial score (nSPS) is 10.4. The Kier molecular flexibility index (Phi) is 12.7. The predicted molar refractivity (Wildman–Crippen MR) is 72.0 cm³/mol. The highest BCUT2D eigenvalue weighted by Gasteiger charge is 1.98. The average molecular weight is 246 g/mol. The van der Waals surface area contributed by atoms with Crippen LogP contribution in [0.2, 0.25) is 0 Å². The van der Waals surface area contributed by atoms with Gasteiger partial charge in [0, 0.05) is 6.42 Å². The Balaban J connectivity index is 2.96. The van der Waals surface area contributed by atoms with E-state index in [4.69, 9.17) is 0 Å². The van der Waals surface area contributed by atoms with Gasteiger partial charge in [0.15, 0.2) is 0 Å². The number of ether oxygens (including phenoxy) is 1. The molecule has 0 N–H and O–H groups in total. The summed E-state index contributed by atoms with van der Waals surface area (Å²) in [7, 11) is 1.46. The molecule has 0 spiro atoms. The van der Waals surface area contributed by atoms with Crippen molar-refractivity contribution in [2.45, 2.75) is 57.8 Å². The summed E-state index contributed by atoms with van der Waals surface area (Å²) in [4.78, 5) is 10.8. The topological polar surface area (TPSA) is 26.3 Å². The van der Waals surface area contributed by atoms with Crippen LogP contribution in [-0.4, -0.2) is 25.1 Å². The maximum Gasteiger partial charge on any atom is 0.305 e. The molecule has 0 heterocycles. The van der Waals surface area contributed by atoms with Crippen LogP contribution >= 0.6 is 11.8 Å². The van der Waals surface area contributed by atoms with Crippen LogP contribution in [0.15, 0.2) is 0 Å². The Morgan fingerprint density at radius 3 is 1.94 bits per heavy atom. The second kappa shape index (κ2) is 12.9. The minimum Gasteiger partial charge on any atom is -0.469 e. The molecule has 0 rings (SSSR count). The van der Waals surface area contributed by atoms with Crippen molar-refractivity contribution in [1.29, 1.82) is 0 Å². The quantitative estimate of drug-likeness (QED) is 0.406. The first kappa shape index (κ1) is 15.8. The van der Waals surface area contributed by atoms with Gasteiger partial charge in [-0.2, -0.15) is 11.8 Å². The standard InChI is InChI=1S/C13H26O2S/c1-15-13(14)11-9-7-5-3-4-6-8-10-12-16-2/h3-12H2,1-2H3. The number of esters is 1. The molecule has 0 saturated heterocycles. The zero-order valence-corrected chi connectivity index (χ0v) is 11.6. The summed E-state index contributed by atoms with van der Waals surface area (Å²) in [5.41, 5.74) is 0. The number of unbranched alkanes of at least 4 members (excludes halogenated alkanes) is 7. The third-order valence-electron chi connectivity index (χ3n) is 2.71. The van der Waals surface area contributed by atoms with Crippen molar-refractivity contribution in [3.63, 3.8) is 0 Å². The van der Waals surface area contributed by atoms with Gasteiger partial charge in [-0.15, -0.1) is 0 Å². The van der Waals surface area contributed by atoms with Crippen molar-refractivity contribution in [2.24, 2.45) is 0 Å². The molecule has 0 aliphatic rings. The van der Waals surface area contributed by atoms with E-state index in [1.165, 1.54) is 57.8 Å². The fraction of sp³-hybridized carbons (Fsp3) is 0.923. The minimum absolute atomic E-state index is 0.0722. The number of carbonyl (C=O) groups is 1. The van der Waals surface area contributed by atoms with Crippen LogP contribution in [0.5, 0.6) is 0 Å². The maximum atomic E-state index is 10.8. The summed E-state index contributed by atoms with van der Waals surface area (Å²) in [6.45, 7) is 0. The van der Waals surface area contributed by atoms with Crippen LogP contribution in [0.1, 0.15) is 57.8 Å². The van der Waals surface area contributed by atoms with Gasteiger partial charge in [-0.25, -0.2) is 0 Å². The molecular weight excluding hydrogens is 220 g/mol. The average Bonchev–Trinajstić information content (AvgIpc) is 2.31. The molecule has 3 heteroatoms. The van der Waals surface area contributed by atoms with Gasteiger partial charge in [0.2, 0.25) is 0 Å². The first-order chi connectivity index (χ1) is 7.81. The fourth-order valence-corrected chi connectivity index (χ4v) is 2.17. The number of hydrogen-bond donors (Lipinski definition) is 0. The highest BCUT2D eigenvalue weighted by atomic mass is 32.2. The SMILES string of the molecule is COC(=O)CCCCCCCCCCSC. The molecule has 16 heavy (non-hydrogen) atoms. The predicted octanol–water partition coefficient (Wildman–Crippen LogP) is 4.03. The molecule has 0 aromatic heterocycles. The first-order valence-electron chi connectivity index (χ1n) is 6.37. The van der Waals surface area contributed by atoms with Gasteiger partial charge >= 0.3 is 5.97 Å². The molecule has 0 aliphatic carbocycles. The Morgan fingerprint density at radius 1 is 0.938 bits per heavy atom. The molecule has 0 bridgehead atoms. The summed E-state index contributed by atoms with van der Waals surface area (Å²) in [6, 6.07) is 0. The summed E-state index contributed by atoms with van der Waals surface area (Å²) < 4.78 is 4.59. The van der Waals surface area contributed by atoms with Crippen molar-refractivity contribution in [3.8, 4) is 0 Å². The lowest BCUT2D eigenvalue weighted by Crippen LogP contribution is -1.99. The number of carbonyl (C=O) groups excluding carboxylic acids is 1. The van der Waals surface area contributed by atoms with Gasteiger partial charge in [0.25, 0.3) is 0 Å². The molecule has 0 aromatic carbocycles. The highest BCUT2D eigenvalue weighted by molar-refractivity contribution is 7.98. The lowest BCUT2D eigenvalue weighted by atomic mass is 10.1. The minimum atomic E-state index is -0.0722. The maximum absolute atomic E-state index is 10.8. The molecule has 0 atom stereocenters. The Labute approximate surface area is 105 Å². The fourth-order valence-electron chi connectivity index (χ4n) is 1.68. The van der Waals surface area contributed by atoms with Crippen LogP contribution in [0.3, 0.4) is 0 Å². The third-order valence-corrected chi connectivity index (χ3v) is 3.40. The van der Waals surface area contributed by atoms with E-state index in [0.29, 0.717) is 6.42 Å². The molecule has 0 saturated carbocycles. The van der Waals surface area contributed by atoms with Gasteiger partial charge in [-0.3, -0.25) is 4.79 Å². The van der Waals surface area contributed by atoms with Gasteiger partial charge in [0.1, 0.15) is 0 Å². The van der Waals surface area contributed by atoms with Crippen LogP contribution in [0, 0.1) is 0 Å². The van der Waals surface area contributed by atoms with Crippen molar-refractivity contribution in [3.05, 3.63) is 0 Å². The van der Waals surface area contributed by atoms with Crippen molar-refractivity contribution < 1.29 is 9.53 Å². The lowest BCUT2D eigenvalue weighted by molar-refractivity contribution is -0.140. The van der Waals surface area contributed by atoms with E-state index in [9.17, 15) is 4.79 Å². The molecular formula is C13H26O2S. The molecule has 2 nitrogen and oxygen atoms in total. The van der Waals surface area contributed by atoms with Crippen LogP contribution in [0.25, 0.3) is 0 Å². The number of rotatable bonds is 11. The second-order valence-electron chi connectivity index (χ2n) is 4.15. The zero-order valence-electron chi connectivity index (χ0n) is 10.8. The molecule has 0 aromatic rings. The molecule has 0 fully saturated rings. The second-order valence-corrected chi connectivity index (χ2v) is 5.13. The Morgan fingerprint density at radius 2 is 1.44 bits per heavy atom. The Bertz CT molecular complexity index is 160. The summed E-state index contributed by atoms with van der Waals surface area (Å²) in [6.07, 6.45) is 13.0. The van der Waals surface area contributed by atoms with Crippen molar-refractivity contribution in [2.75, 3.05) is 19.1 Å².